The number of nitro groups is 1. The Hall–Kier alpha value is -2.32. The van der Waals surface area contributed by atoms with Crippen molar-refractivity contribution in [2.24, 2.45) is 5.73 Å². The molecular formula is C13H14N4O3S. The van der Waals surface area contributed by atoms with E-state index in [1.165, 1.54) is 29.5 Å². The first-order chi connectivity index (χ1) is 10.0. The Balaban J connectivity index is 2.13. The van der Waals surface area contributed by atoms with Crippen molar-refractivity contribution in [1.29, 1.82) is 0 Å². The third kappa shape index (κ3) is 3.61. The highest BCUT2D eigenvalue weighted by atomic mass is 32.1. The predicted octanol–water partition coefficient (Wildman–Crippen LogP) is 2.11. The fourth-order valence-electron chi connectivity index (χ4n) is 1.74. The average Bonchev–Trinajstić information content (AvgIpc) is 2.90. The van der Waals surface area contributed by atoms with Crippen molar-refractivity contribution in [1.82, 2.24) is 4.98 Å². The van der Waals surface area contributed by atoms with E-state index in [9.17, 15) is 14.9 Å². The first-order valence-corrected chi connectivity index (χ1v) is 7.10. The number of nitrogens with two attached hydrogens (primary N) is 1. The Morgan fingerprint density at radius 3 is 2.90 bits per heavy atom. The summed E-state index contributed by atoms with van der Waals surface area (Å²) in [6.45, 7) is 2.18. The third-order valence-corrected chi connectivity index (χ3v) is 3.72. The minimum absolute atomic E-state index is 0.00982. The molecule has 0 aliphatic rings. The number of anilines is 1. The van der Waals surface area contributed by atoms with E-state index in [1.54, 1.807) is 12.3 Å². The van der Waals surface area contributed by atoms with Crippen LogP contribution in [0.2, 0.25) is 0 Å². The molecule has 0 bridgehead atoms. The number of aryl methyl sites for hydroxylation is 1. The molecule has 1 amide bonds. The Morgan fingerprint density at radius 2 is 2.29 bits per heavy atom. The topological polar surface area (TPSA) is 111 Å². The lowest BCUT2D eigenvalue weighted by atomic mass is 10.2. The summed E-state index contributed by atoms with van der Waals surface area (Å²) in [7, 11) is 0. The van der Waals surface area contributed by atoms with Gasteiger partial charge in [-0.25, -0.2) is 4.98 Å². The predicted molar refractivity (Wildman–Crippen MR) is 80.7 cm³/mol. The summed E-state index contributed by atoms with van der Waals surface area (Å²) in [5.74, 6) is -0.341. The molecule has 0 aliphatic carbocycles. The molecule has 2 rings (SSSR count). The molecule has 21 heavy (non-hydrogen) atoms. The fourth-order valence-corrected chi connectivity index (χ4v) is 2.54. The van der Waals surface area contributed by atoms with E-state index in [1.807, 2.05) is 0 Å². The van der Waals surface area contributed by atoms with Crippen LogP contribution in [-0.2, 0) is 6.42 Å². The van der Waals surface area contributed by atoms with Gasteiger partial charge < -0.3 is 11.1 Å². The molecule has 7 nitrogen and oxygen atoms in total. The highest BCUT2D eigenvalue weighted by Crippen LogP contribution is 2.22. The zero-order chi connectivity index (χ0) is 15.4. The Kier molecular flexibility index (Phi) is 4.61. The Labute approximate surface area is 125 Å². The second-order valence-corrected chi connectivity index (χ2v) is 5.32. The molecular weight excluding hydrogens is 292 g/mol. The van der Waals surface area contributed by atoms with E-state index in [4.69, 9.17) is 5.73 Å². The fraction of sp³-hybridized carbons (Fsp3) is 0.231. The summed E-state index contributed by atoms with van der Waals surface area (Å²) in [4.78, 5) is 26.5. The van der Waals surface area contributed by atoms with Crippen molar-refractivity contribution in [3.8, 4) is 0 Å². The number of nitrogens with one attached hydrogen (secondary N) is 1. The Morgan fingerprint density at radius 1 is 1.52 bits per heavy atom. The summed E-state index contributed by atoms with van der Waals surface area (Å²) < 4.78 is 0. The number of aromatic nitrogens is 1. The van der Waals surface area contributed by atoms with Gasteiger partial charge in [0.25, 0.3) is 11.6 Å². The number of nitrogens with zero attached hydrogens (tertiary/aromatic N) is 2. The number of hydrogen-bond acceptors (Lipinski definition) is 6. The van der Waals surface area contributed by atoms with Gasteiger partial charge in [-0.2, -0.15) is 0 Å². The zero-order valence-corrected chi connectivity index (χ0v) is 12.1. The normalized spacial score (nSPS) is 10.4. The number of carbonyl (C=O) groups is 1. The number of rotatable bonds is 5. The molecule has 0 radical (unpaired) electrons. The maximum Gasteiger partial charge on any atom is 0.275 e. The molecule has 0 fully saturated rings. The van der Waals surface area contributed by atoms with Gasteiger partial charge in [0.1, 0.15) is 5.69 Å². The van der Waals surface area contributed by atoms with Crippen molar-refractivity contribution in [3.63, 3.8) is 0 Å². The lowest BCUT2D eigenvalue weighted by molar-refractivity contribution is -0.384. The molecule has 0 spiro atoms. The zero-order valence-electron chi connectivity index (χ0n) is 11.3. The quantitative estimate of drug-likeness (QED) is 0.649. The van der Waals surface area contributed by atoms with E-state index in [-0.39, 0.29) is 11.6 Å². The molecule has 8 heteroatoms. The summed E-state index contributed by atoms with van der Waals surface area (Å²) >= 11 is 1.38. The maximum atomic E-state index is 12.1. The lowest BCUT2D eigenvalue weighted by Crippen LogP contribution is -2.13. The van der Waals surface area contributed by atoms with Crippen LogP contribution >= 0.6 is 11.3 Å². The maximum absolute atomic E-state index is 12.1. The van der Waals surface area contributed by atoms with Gasteiger partial charge in [0.15, 0.2) is 0 Å². The van der Waals surface area contributed by atoms with Crippen molar-refractivity contribution in [3.05, 3.63) is 50.0 Å². The van der Waals surface area contributed by atoms with E-state index in [2.05, 4.69) is 10.3 Å². The van der Waals surface area contributed by atoms with E-state index < -0.39 is 4.92 Å². The molecule has 1 aromatic carbocycles. The van der Waals surface area contributed by atoms with Crippen LogP contribution in [-0.4, -0.2) is 22.4 Å². The van der Waals surface area contributed by atoms with Crippen LogP contribution in [0.15, 0.2) is 23.6 Å². The minimum atomic E-state index is -0.474. The summed E-state index contributed by atoms with van der Waals surface area (Å²) in [6, 6.07) is 4.28. The van der Waals surface area contributed by atoms with E-state index >= 15 is 0 Å². The molecule has 1 aromatic heterocycles. The van der Waals surface area contributed by atoms with Crippen molar-refractivity contribution in [2.75, 3.05) is 11.9 Å². The largest absolute Gasteiger partial charge is 0.330 e. The lowest BCUT2D eigenvalue weighted by Gasteiger charge is -2.06. The smallest absolute Gasteiger partial charge is 0.275 e. The molecule has 0 saturated carbocycles. The summed E-state index contributed by atoms with van der Waals surface area (Å²) in [6.07, 6.45) is 0.633. The third-order valence-electron chi connectivity index (χ3n) is 2.81. The molecule has 0 saturated heterocycles. The van der Waals surface area contributed by atoms with Gasteiger partial charge in [0, 0.05) is 29.6 Å². The summed E-state index contributed by atoms with van der Waals surface area (Å²) in [5, 5.41) is 15.8. The molecule has 0 aliphatic heterocycles. The standard InChI is InChI=1S/C13H14N4O3S/c1-8-6-9(17(19)20)2-3-10(8)16-13(18)11-7-21-12(15-11)4-5-14/h2-3,6-7H,4-5,14H2,1H3,(H,16,18). The van der Waals surface area contributed by atoms with Gasteiger partial charge >= 0.3 is 0 Å². The monoisotopic (exact) mass is 306 g/mol. The number of non-ortho nitro benzene ring substituents is 1. The molecule has 110 valence electrons. The minimum Gasteiger partial charge on any atom is -0.330 e. The van der Waals surface area contributed by atoms with Gasteiger partial charge in [-0.05, 0) is 25.1 Å². The number of carbonyl (C=O) groups excluding carboxylic acids is 1. The number of amides is 1. The number of hydrogen-bond donors (Lipinski definition) is 2. The molecule has 0 unspecified atom stereocenters. The molecule has 2 aromatic rings. The van der Waals surface area contributed by atoms with E-state index in [0.29, 0.717) is 29.9 Å². The van der Waals surface area contributed by atoms with Crippen molar-refractivity contribution in [2.45, 2.75) is 13.3 Å². The van der Waals surface area contributed by atoms with Crippen LogP contribution in [0.25, 0.3) is 0 Å². The number of nitro benzene ring substituents is 1. The molecule has 3 N–H and O–H groups in total. The number of benzene rings is 1. The first-order valence-electron chi connectivity index (χ1n) is 6.22. The average molecular weight is 306 g/mol. The van der Waals surface area contributed by atoms with Crippen LogP contribution < -0.4 is 11.1 Å². The molecule has 1 heterocycles. The Bertz CT molecular complexity index is 684. The highest BCUT2D eigenvalue weighted by molar-refractivity contribution is 7.09. The van der Waals surface area contributed by atoms with Crippen molar-refractivity contribution < 1.29 is 9.72 Å². The van der Waals surface area contributed by atoms with Crippen molar-refractivity contribution >= 4 is 28.6 Å². The first kappa shape index (κ1) is 15.1. The highest BCUT2D eigenvalue weighted by Gasteiger charge is 2.13. The van der Waals surface area contributed by atoms with Crippen LogP contribution in [0, 0.1) is 17.0 Å². The van der Waals surface area contributed by atoms with Gasteiger partial charge in [-0.15, -0.1) is 11.3 Å². The van der Waals surface area contributed by atoms with Gasteiger partial charge in [-0.1, -0.05) is 0 Å². The van der Waals surface area contributed by atoms with Crippen LogP contribution in [0.3, 0.4) is 0 Å². The number of thiazole rings is 1. The van der Waals surface area contributed by atoms with E-state index in [0.717, 1.165) is 5.01 Å². The second kappa shape index (κ2) is 6.42. The molecule has 0 atom stereocenters. The SMILES string of the molecule is Cc1cc([N+](=O)[O-])ccc1NC(=O)c1csc(CCN)n1. The van der Waals surface area contributed by atoms with Gasteiger partial charge in [0.2, 0.25) is 0 Å². The second-order valence-electron chi connectivity index (χ2n) is 4.38. The van der Waals surface area contributed by atoms with Crippen LogP contribution in [0.4, 0.5) is 11.4 Å². The van der Waals surface area contributed by atoms with Gasteiger partial charge in [-0.3, -0.25) is 14.9 Å². The van der Waals surface area contributed by atoms with Gasteiger partial charge in [0.05, 0.1) is 9.93 Å². The van der Waals surface area contributed by atoms with Crippen LogP contribution in [0.5, 0.6) is 0 Å². The summed E-state index contributed by atoms with van der Waals surface area (Å²) in [5.41, 5.74) is 6.90. The van der Waals surface area contributed by atoms with Crippen LogP contribution in [0.1, 0.15) is 21.1 Å².